The zero-order chi connectivity index (χ0) is 14.6. The Morgan fingerprint density at radius 2 is 1.80 bits per heavy atom. The molecule has 2 N–H and O–H groups in total. The Labute approximate surface area is 128 Å². The van der Waals surface area contributed by atoms with Crippen LogP contribution in [0.15, 0.2) is 58.3 Å². The first-order valence-electron chi connectivity index (χ1n) is 5.94. The van der Waals surface area contributed by atoms with Gasteiger partial charge < -0.3 is 5.73 Å². The first kappa shape index (κ1) is 15.2. The summed E-state index contributed by atoms with van der Waals surface area (Å²) in [5, 5.41) is 0.526. The molecule has 2 aromatic rings. The van der Waals surface area contributed by atoms with E-state index in [4.69, 9.17) is 17.3 Å². The van der Waals surface area contributed by atoms with Crippen molar-refractivity contribution in [3.05, 3.63) is 53.6 Å². The van der Waals surface area contributed by atoms with Gasteiger partial charge >= 0.3 is 0 Å². The predicted octanol–water partition coefficient (Wildman–Crippen LogP) is 3.49. The second-order valence-corrected chi connectivity index (χ2v) is 7.91. The molecule has 0 saturated carbocycles. The maximum atomic E-state index is 12.1. The van der Waals surface area contributed by atoms with Gasteiger partial charge in [-0.25, -0.2) is 8.42 Å². The third-order valence-corrected chi connectivity index (χ3v) is 5.89. The third kappa shape index (κ3) is 4.16. The first-order valence-corrected chi connectivity index (χ1v) is 8.96. The molecule has 0 aromatic heterocycles. The van der Waals surface area contributed by atoms with Crippen LogP contribution in [-0.4, -0.2) is 19.9 Å². The van der Waals surface area contributed by atoms with Crippen LogP contribution in [0.3, 0.4) is 0 Å². The summed E-state index contributed by atoms with van der Waals surface area (Å²) >= 11 is 7.22. The minimum atomic E-state index is -3.27. The lowest BCUT2D eigenvalue weighted by atomic mass is 10.3. The molecule has 0 atom stereocenters. The fourth-order valence-electron chi connectivity index (χ4n) is 1.63. The summed E-state index contributed by atoms with van der Waals surface area (Å²) in [5.74, 6) is 0.558. The van der Waals surface area contributed by atoms with Gasteiger partial charge in [0.05, 0.1) is 10.6 Å². The van der Waals surface area contributed by atoms with Crippen LogP contribution >= 0.6 is 23.4 Å². The Balaban J connectivity index is 1.98. The molecule has 0 unspecified atom stereocenters. The Morgan fingerprint density at radius 1 is 1.10 bits per heavy atom. The number of nitrogens with two attached hydrogens (primary N) is 1. The zero-order valence-electron chi connectivity index (χ0n) is 10.6. The lowest BCUT2D eigenvalue weighted by molar-refractivity contribution is 0.597. The third-order valence-electron chi connectivity index (χ3n) is 2.65. The van der Waals surface area contributed by atoms with E-state index in [0.29, 0.717) is 21.4 Å². The highest BCUT2D eigenvalue weighted by molar-refractivity contribution is 8.00. The van der Waals surface area contributed by atoms with Gasteiger partial charge in [0.15, 0.2) is 9.84 Å². The Kier molecular flexibility index (Phi) is 4.96. The van der Waals surface area contributed by atoms with Crippen LogP contribution in [-0.2, 0) is 9.84 Å². The van der Waals surface area contributed by atoms with E-state index in [0.717, 1.165) is 4.90 Å². The molecule has 6 heteroatoms. The van der Waals surface area contributed by atoms with Crippen molar-refractivity contribution in [3.63, 3.8) is 0 Å². The molecule has 0 heterocycles. The van der Waals surface area contributed by atoms with Crippen LogP contribution in [0, 0.1) is 0 Å². The van der Waals surface area contributed by atoms with Gasteiger partial charge in [-0.1, -0.05) is 17.7 Å². The molecule has 106 valence electrons. The van der Waals surface area contributed by atoms with E-state index < -0.39 is 9.84 Å². The molecule has 0 saturated heterocycles. The number of rotatable bonds is 5. The standard InChI is InChI=1S/C14H14ClNO2S2/c15-11-4-6-14(7-5-11)20(17,18)9-8-19-13-3-1-2-12(16)10-13/h1-7,10H,8-9,16H2. The fraction of sp³-hybridized carbons (Fsp3) is 0.143. The van der Waals surface area contributed by atoms with Gasteiger partial charge in [-0.3, -0.25) is 0 Å². The quantitative estimate of drug-likeness (QED) is 0.674. The van der Waals surface area contributed by atoms with Gasteiger partial charge in [0.2, 0.25) is 0 Å². The molecule has 0 amide bonds. The van der Waals surface area contributed by atoms with E-state index in [-0.39, 0.29) is 5.75 Å². The lowest BCUT2D eigenvalue weighted by Gasteiger charge is -2.05. The van der Waals surface area contributed by atoms with E-state index in [1.807, 2.05) is 18.2 Å². The highest BCUT2D eigenvalue weighted by Gasteiger charge is 2.14. The van der Waals surface area contributed by atoms with Crippen LogP contribution in [0.4, 0.5) is 5.69 Å². The van der Waals surface area contributed by atoms with Gasteiger partial charge in [0, 0.05) is 21.4 Å². The molecule has 3 nitrogen and oxygen atoms in total. The fourth-order valence-corrected chi connectivity index (χ4v) is 4.39. The van der Waals surface area contributed by atoms with E-state index >= 15 is 0 Å². The van der Waals surface area contributed by atoms with Crippen molar-refractivity contribution >= 4 is 38.9 Å². The summed E-state index contributed by atoms with van der Waals surface area (Å²) in [5.41, 5.74) is 6.35. The van der Waals surface area contributed by atoms with Gasteiger partial charge in [-0.05, 0) is 42.5 Å². The number of anilines is 1. The van der Waals surface area contributed by atoms with Crippen LogP contribution < -0.4 is 5.73 Å². The van der Waals surface area contributed by atoms with Crippen LogP contribution in [0.5, 0.6) is 0 Å². The molecule has 0 aliphatic rings. The highest BCUT2D eigenvalue weighted by Crippen LogP contribution is 2.22. The summed E-state index contributed by atoms with van der Waals surface area (Å²) in [7, 11) is -3.27. The number of hydrogen-bond donors (Lipinski definition) is 1. The average Bonchev–Trinajstić information content (AvgIpc) is 2.39. The van der Waals surface area contributed by atoms with Gasteiger partial charge in [-0.2, -0.15) is 0 Å². The van der Waals surface area contributed by atoms with E-state index in [2.05, 4.69) is 0 Å². The minimum Gasteiger partial charge on any atom is -0.399 e. The molecule has 20 heavy (non-hydrogen) atoms. The molecule has 0 aliphatic heterocycles. The predicted molar refractivity (Wildman–Crippen MR) is 85.1 cm³/mol. The van der Waals surface area contributed by atoms with Crippen molar-refractivity contribution in [3.8, 4) is 0 Å². The van der Waals surface area contributed by atoms with Crippen LogP contribution in [0.2, 0.25) is 5.02 Å². The van der Waals surface area contributed by atoms with Crippen molar-refractivity contribution in [2.45, 2.75) is 9.79 Å². The SMILES string of the molecule is Nc1cccc(SCCS(=O)(=O)c2ccc(Cl)cc2)c1. The van der Waals surface area contributed by atoms with E-state index in [1.165, 1.54) is 23.9 Å². The summed E-state index contributed by atoms with van der Waals surface area (Å²) < 4.78 is 24.2. The largest absolute Gasteiger partial charge is 0.399 e. The monoisotopic (exact) mass is 327 g/mol. The normalized spacial score (nSPS) is 11.4. The number of nitrogen functional groups attached to an aromatic ring is 1. The molecule has 2 aromatic carbocycles. The number of sulfone groups is 1. The van der Waals surface area contributed by atoms with Crippen molar-refractivity contribution in [2.75, 3.05) is 17.2 Å². The maximum Gasteiger partial charge on any atom is 0.179 e. The Morgan fingerprint density at radius 3 is 2.45 bits per heavy atom. The smallest absolute Gasteiger partial charge is 0.179 e. The lowest BCUT2D eigenvalue weighted by Crippen LogP contribution is -2.08. The van der Waals surface area contributed by atoms with Crippen LogP contribution in [0.25, 0.3) is 0 Å². The Bertz CT molecular complexity index is 685. The van der Waals surface area contributed by atoms with Gasteiger partial charge in [0.25, 0.3) is 0 Å². The number of halogens is 1. The molecule has 0 fully saturated rings. The van der Waals surface area contributed by atoms with Gasteiger partial charge in [-0.15, -0.1) is 11.8 Å². The molecule has 0 radical (unpaired) electrons. The molecule has 0 spiro atoms. The second kappa shape index (κ2) is 6.52. The minimum absolute atomic E-state index is 0.0775. The summed E-state index contributed by atoms with van der Waals surface area (Å²) in [6.07, 6.45) is 0. The zero-order valence-corrected chi connectivity index (χ0v) is 13.0. The van der Waals surface area contributed by atoms with E-state index in [1.54, 1.807) is 18.2 Å². The summed E-state index contributed by atoms with van der Waals surface area (Å²) in [6.45, 7) is 0. The van der Waals surface area contributed by atoms with Crippen LogP contribution in [0.1, 0.15) is 0 Å². The van der Waals surface area contributed by atoms with Crippen molar-refractivity contribution in [1.82, 2.24) is 0 Å². The number of hydrogen-bond acceptors (Lipinski definition) is 4. The van der Waals surface area contributed by atoms with Gasteiger partial charge in [0.1, 0.15) is 0 Å². The summed E-state index contributed by atoms with van der Waals surface area (Å²) in [4.78, 5) is 1.27. The molecule has 0 bridgehead atoms. The van der Waals surface area contributed by atoms with E-state index in [9.17, 15) is 8.42 Å². The topological polar surface area (TPSA) is 60.2 Å². The van der Waals surface area contributed by atoms with Crippen molar-refractivity contribution in [2.24, 2.45) is 0 Å². The average molecular weight is 328 g/mol. The maximum absolute atomic E-state index is 12.1. The van der Waals surface area contributed by atoms with Crippen molar-refractivity contribution in [1.29, 1.82) is 0 Å². The number of benzene rings is 2. The summed E-state index contributed by atoms with van der Waals surface area (Å²) in [6, 6.07) is 13.6. The number of thioether (sulfide) groups is 1. The highest BCUT2D eigenvalue weighted by atomic mass is 35.5. The van der Waals surface area contributed by atoms with Crippen molar-refractivity contribution < 1.29 is 8.42 Å². The molecule has 2 rings (SSSR count). The first-order chi connectivity index (χ1) is 9.47. The molecular formula is C14H14ClNO2S2. The Hall–Kier alpha value is -1.17. The second-order valence-electron chi connectivity index (χ2n) is 4.19. The molecular weight excluding hydrogens is 314 g/mol. The molecule has 0 aliphatic carbocycles.